The van der Waals surface area contributed by atoms with Crippen molar-refractivity contribution >= 4 is 0 Å². The summed E-state index contributed by atoms with van der Waals surface area (Å²) in [5.74, 6) is 0.224. The predicted molar refractivity (Wildman–Crippen MR) is 64.4 cm³/mol. The van der Waals surface area contributed by atoms with Crippen molar-refractivity contribution in [2.24, 2.45) is 0 Å². The molecule has 102 valence electrons. The number of rotatable bonds is 0. The molecule has 1 heterocycles. The molecule has 0 saturated carbocycles. The molecule has 0 bridgehead atoms. The van der Waals surface area contributed by atoms with Crippen molar-refractivity contribution in [3.63, 3.8) is 0 Å². The summed E-state index contributed by atoms with van der Waals surface area (Å²) < 4.78 is 38.5. The van der Waals surface area contributed by atoms with Crippen LogP contribution in [0.4, 0.5) is 13.2 Å². The van der Waals surface area contributed by atoms with Crippen LogP contribution in [0.2, 0.25) is 0 Å². The molecule has 1 rings (SSSR count). The molecular formula is C13H19F3N2. The van der Waals surface area contributed by atoms with Gasteiger partial charge in [-0.15, -0.1) is 0 Å². The maximum absolute atomic E-state index is 12.8. The van der Waals surface area contributed by atoms with Gasteiger partial charge in [0, 0.05) is 10.8 Å². The molecule has 0 aromatic carbocycles. The van der Waals surface area contributed by atoms with Crippen LogP contribution in [0.15, 0.2) is 6.07 Å². The summed E-state index contributed by atoms with van der Waals surface area (Å²) in [6.45, 7) is 10.9. The van der Waals surface area contributed by atoms with E-state index in [-0.39, 0.29) is 5.82 Å². The van der Waals surface area contributed by atoms with Crippen molar-refractivity contribution in [1.29, 1.82) is 0 Å². The number of hydrogen-bond donors (Lipinski definition) is 0. The first-order valence-electron chi connectivity index (χ1n) is 5.79. The van der Waals surface area contributed by atoms with E-state index >= 15 is 0 Å². The van der Waals surface area contributed by atoms with Crippen molar-refractivity contribution in [1.82, 2.24) is 9.97 Å². The lowest BCUT2D eigenvalue weighted by Crippen LogP contribution is -2.24. The van der Waals surface area contributed by atoms with Crippen LogP contribution in [0.3, 0.4) is 0 Å². The zero-order valence-electron chi connectivity index (χ0n) is 11.6. The Kier molecular flexibility index (Phi) is 3.49. The van der Waals surface area contributed by atoms with E-state index in [0.29, 0.717) is 5.69 Å². The summed E-state index contributed by atoms with van der Waals surface area (Å²) in [5.41, 5.74) is -1.41. The number of halogens is 3. The van der Waals surface area contributed by atoms with Gasteiger partial charge in [0.25, 0.3) is 0 Å². The first-order chi connectivity index (χ1) is 7.82. The van der Waals surface area contributed by atoms with Gasteiger partial charge < -0.3 is 0 Å². The third kappa shape index (κ3) is 3.43. The van der Waals surface area contributed by atoms with Crippen LogP contribution in [0, 0.1) is 0 Å². The van der Waals surface area contributed by atoms with E-state index in [0.717, 1.165) is 6.07 Å². The third-order valence-electron chi connectivity index (χ3n) is 2.46. The first-order valence-corrected chi connectivity index (χ1v) is 5.79. The Balaban J connectivity index is 3.49. The molecule has 0 aliphatic rings. The van der Waals surface area contributed by atoms with Crippen LogP contribution in [0.5, 0.6) is 0 Å². The summed E-state index contributed by atoms with van der Waals surface area (Å²) in [6, 6.07) is 1.04. The minimum atomic E-state index is -4.44. The molecule has 1 aromatic heterocycles. The third-order valence-corrected chi connectivity index (χ3v) is 2.46. The van der Waals surface area contributed by atoms with Gasteiger partial charge in [0.15, 0.2) is 0 Å². The number of alkyl halides is 3. The van der Waals surface area contributed by atoms with Gasteiger partial charge in [-0.05, 0) is 6.07 Å². The van der Waals surface area contributed by atoms with Crippen LogP contribution in [0.1, 0.15) is 58.8 Å². The van der Waals surface area contributed by atoms with Crippen LogP contribution < -0.4 is 0 Å². The Hall–Kier alpha value is -1.13. The van der Waals surface area contributed by atoms with Crippen molar-refractivity contribution in [3.05, 3.63) is 23.3 Å². The molecule has 0 atom stereocenters. The summed E-state index contributed by atoms with van der Waals surface area (Å²) in [4.78, 5) is 7.93. The molecule has 0 aliphatic heterocycles. The average molecular weight is 260 g/mol. The highest BCUT2D eigenvalue weighted by Crippen LogP contribution is 2.32. The topological polar surface area (TPSA) is 25.8 Å². The lowest BCUT2D eigenvalue weighted by Gasteiger charge is -2.24. The smallest absolute Gasteiger partial charge is 0.237 e. The van der Waals surface area contributed by atoms with Crippen LogP contribution in [-0.2, 0) is 17.0 Å². The fraction of sp³-hybridized carbons (Fsp3) is 0.692. The fourth-order valence-electron chi connectivity index (χ4n) is 1.31. The largest absolute Gasteiger partial charge is 0.433 e. The zero-order valence-corrected chi connectivity index (χ0v) is 11.6. The molecule has 5 heteroatoms. The molecule has 0 saturated heterocycles. The van der Waals surface area contributed by atoms with E-state index in [1.54, 1.807) is 20.8 Å². The van der Waals surface area contributed by atoms with Gasteiger partial charge in [0.2, 0.25) is 0 Å². The average Bonchev–Trinajstić information content (AvgIpc) is 2.13. The molecule has 0 radical (unpaired) electrons. The van der Waals surface area contributed by atoms with Crippen LogP contribution in [0.25, 0.3) is 0 Å². The van der Waals surface area contributed by atoms with E-state index < -0.39 is 22.7 Å². The lowest BCUT2D eigenvalue weighted by molar-refractivity contribution is -0.141. The van der Waals surface area contributed by atoms with Crippen molar-refractivity contribution in [2.75, 3.05) is 0 Å². The summed E-state index contributed by atoms with van der Waals surface area (Å²) >= 11 is 0. The van der Waals surface area contributed by atoms with E-state index in [9.17, 15) is 13.2 Å². The van der Waals surface area contributed by atoms with E-state index in [4.69, 9.17) is 0 Å². The molecule has 18 heavy (non-hydrogen) atoms. The second kappa shape index (κ2) is 4.21. The maximum atomic E-state index is 12.8. The standard InChI is InChI=1S/C13H19F3N2/c1-11(2,3)8-7-9(13(14,15)16)18-10(17-8)12(4,5)6/h7H,1-6H3. The molecule has 0 amide bonds. The van der Waals surface area contributed by atoms with Gasteiger partial charge in [0.05, 0.1) is 5.69 Å². The molecule has 0 N–H and O–H groups in total. The monoisotopic (exact) mass is 260 g/mol. The zero-order chi connectivity index (χ0) is 14.4. The van der Waals surface area contributed by atoms with Crippen LogP contribution in [-0.4, -0.2) is 9.97 Å². The second-order valence-electron chi connectivity index (χ2n) is 6.46. The molecular weight excluding hydrogens is 241 g/mol. The number of nitrogens with zero attached hydrogens (tertiary/aromatic N) is 2. The van der Waals surface area contributed by atoms with Crippen LogP contribution >= 0.6 is 0 Å². The minimum Gasteiger partial charge on any atom is -0.237 e. The van der Waals surface area contributed by atoms with E-state index in [1.807, 2.05) is 20.8 Å². The molecule has 0 aliphatic carbocycles. The number of hydrogen-bond acceptors (Lipinski definition) is 2. The Morgan fingerprint density at radius 2 is 1.22 bits per heavy atom. The van der Waals surface area contributed by atoms with Gasteiger partial charge in [-0.2, -0.15) is 13.2 Å². The Morgan fingerprint density at radius 3 is 1.56 bits per heavy atom. The normalized spacial score (nSPS) is 13.8. The highest BCUT2D eigenvalue weighted by Gasteiger charge is 2.36. The molecule has 2 nitrogen and oxygen atoms in total. The quantitative estimate of drug-likeness (QED) is 0.702. The highest BCUT2D eigenvalue weighted by molar-refractivity contribution is 5.22. The molecule has 1 aromatic rings. The van der Waals surface area contributed by atoms with Crippen molar-refractivity contribution in [2.45, 2.75) is 58.5 Å². The second-order valence-corrected chi connectivity index (χ2v) is 6.46. The van der Waals surface area contributed by atoms with Gasteiger partial charge in [-0.3, -0.25) is 0 Å². The highest BCUT2D eigenvalue weighted by atomic mass is 19.4. The van der Waals surface area contributed by atoms with Gasteiger partial charge in [-0.25, -0.2) is 9.97 Å². The van der Waals surface area contributed by atoms with Gasteiger partial charge in [0.1, 0.15) is 11.5 Å². The summed E-state index contributed by atoms with van der Waals surface area (Å²) in [5, 5.41) is 0. The summed E-state index contributed by atoms with van der Waals surface area (Å²) in [7, 11) is 0. The molecule has 0 fully saturated rings. The SMILES string of the molecule is CC(C)(C)c1cc(C(F)(F)F)nc(C(C)(C)C)n1. The first kappa shape index (κ1) is 14.9. The Bertz CT molecular complexity index is 358. The van der Waals surface area contributed by atoms with Gasteiger partial charge in [-0.1, -0.05) is 41.5 Å². The van der Waals surface area contributed by atoms with Crippen molar-refractivity contribution in [3.8, 4) is 0 Å². The maximum Gasteiger partial charge on any atom is 0.433 e. The predicted octanol–water partition coefficient (Wildman–Crippen LogP) is 4.09. The Morgan fingerprint density at radius 1 is 0.778 bits per heavy atom. The fourth-order valence-corrected chi connectivity index (χ4v) is 1.31. The lowest BCUT2D eigenvalue weighted by atomic mass is 9.89. The van der Waals surface area contributed by atoms with Gasteiger partial charge >= 0.3 is 6.18 Å². The van der Waals surface area contributed by atoms with Crippen molar-refractivity contribution < 1.29 is 13.2 Å². The minimum absolute atomic E-state index is 0.224. The molecule has 0 spiro atoms. The number of aromatic nitrogens is 2. The van der Waals surface area contributed by atoms with E-state index in [2.05, 4.69) is 9.97 Å². The Labute approximate surface area is 106 Å². The van der Waals surface area contributed by atoms with E-state index in [1.165, 1.54) is 0 Å². The molecule has 0 unspecified atom stereocenters. The summed E-state index contributed by atoms with van der Waals surface area (Å²) in [6.07, 6.45) is -4.44.